The number of hydrogen-bond donors (Lipinski definition) is 1. The van der Waals surface area contributed by atoms with Gasteiger partial charge in [-0.3, -0.25) is 14.9 Å². The van der Waals surface area contributed by atoms with E-state index in [2.05, 4.69) is 10.0 Å². The summed E-state index contributed by atoms with van der Waals surface area (Å²) in [5.74, 6) is -1.25. The summed E-state index contributed by atoms with van der Waals surface area (Å²) in [6, 6.07) is 0. The zero-order chi connectivity index (χ0) is 12.1. The Hall–Kier alpha value is -1.70. The lowest BCUT2D eigenvalue weighted by molar-refractivity contribution is -0.128. The van der Waals surface area contributed by atoms with Gasteiger partial charge in [-0.15, -0.1) is 16.5 Å². The van der Waals surface area contributed by atoms with Gasteiger partial charge in [-0.1, -0.05) is 0 Å². The third kappa shape index (κ3) is 2.89. The first-order valence-electron chi connectivity index (χ1n) is 4.29. The third-order valence-corrected chi connectivity index (χ3v) is 1.94. The summed E-state index contributed by atoms with van der Waals surface area (Å²) in [5, 5.41) is 4.76. The fraction of sp³-hybridized carbons (Fsp3) is 0.571. The first-order chi connectivity index (χ1) is 7.58. The normalized spacial score (nSPS) is 19.2. The van der Waals surface area contributed by atoms with Crippen molar-refractivity contribution in [1.29, 1.82) is 0 Å². The van der Waals surface area contributed by atoms with Crippen molar-refractivity contribution >= 4 is 29.5 Å². The number of ether oxygens (including phenoxy) is 1. The Morgan fingerprint density at radius 1 is 1.62 bits per heavy atom. The van der Waals surface area contributed by atoms with Gasteiger partial charge in [0.1, 0.15) is 0 Å². The number of carbonyl (C=O) groups is 3. The SMILES string of the molecule is O=NN(CCCl)C(=O)OC1CC(=O)NC1=O. The van der Waals surface area contributed by atoms with Crippen molar-refractivity contribution in [1.82, 2.24) is 10.3 Å². The second kappa shape index (κ2) is 5.40. The van der Waals surface area contributed by atoms with Gasteiger partial charge in [0.25, 0.3) is 5.91 Å². The van der Waals surface area contributed by atoms with Gasteiger partial charge < -0.3 is 4.74 Å². The Balaban J connectivity index is 2.53. The van der Waals surface area contributed by atoms with E-state index in [-0.39, 0.29) is 18.8 Å². The molecule has 0 aromatic carbocycles. The highest BCUT2D eigenvalue weighted by atomic mass is 35.5. The third-order valence-electron chi connectivity index (χ3n) is 1.77. The molecule has 3 amide bonds. The molecule has 0 spiro atoms. The average molecular weight is 250 g/mol. The smallest absolute Gasteiger partial charge is 0.433 e. The molecule has 0 bridgehead atoms. The molecule has 0 saturated carbocycles. The molecular formula is C7H8ClN3O5. The van der Waals surface area contributed by atoms with Gasteiger partial charge in [-0.05, 0) is 0 Å². The Bertz CT molecular complexity index is 334. The average Bonchev–Trinajstić information content (AvgIpc) is 2.53. The first kappa shape index (κ1) is 12.4. The molecule has 1 fully saturated rings. The Morgan fingerprint density at radius 3 is 2.75 bits per heavy atom. The van der Waals surface area contributed by atoms with Crippen molar-refractivity contribution < 1.29 is 19.1 Å². The molecule has 1 aliphatic rings. The van der Waals surface area contributed by atoms with Crippen LogP contribution in [-0.2, 0) is 14.3 Å². The number of carbonyl (C=O) groups excluding carboxylic acids is 3. The summed E-state index contributed by atoms with van der Waals surface area (Å²) in [6.07, 6.45) is -2.57. The standard InChI is InChI=1S/C7H8ClN3O5/c8-1-2-11(10-15)7(14)16-4-3-5(12)9-6(4)13/h4H,1-3H2,(H,9,12,13). The number of nitroso groups, excluding NO2 is 1. The summed E-state index contributed by atoms with van der Waals surface area (Å²) in [6.45, 7) is -0.133. The quantitative estimate of drug-likeness (QED) is 0.320. The highest BCUT2D eigenvalue weighted by molar-refractivity contribution is 6.18. The van der Waals surface area contributed by atoms with Crippen LogP contribution in [0.3, 0.4) is 0 Å². The van der Waals surface area contributed by atoms with Crippen LogP contribution in [0.25, 0.3) is 0 Å². The highest BCUT2D eigenvalue weighted by Gasteiger charge is 2.35. The Labute approximate surface area is 94.8 Å². The van der Waals surface area contributed by atoms with Crippen molar-refractivity contribution in [2.45, 2.75) is 12.5 Å². The van der Waals surface area contributed by atoms with Crippen LogP contribution in [0, 0.1) is 4.91 Å². The maximum atomic E-state index is 11.2. The maximum Gasteiger partial charge on any atom is 0.433 e. The monoisotopic (exact) mass is 249 g/mol. The van der Waals surface area contributed by atoms with E-state index in [1.807, 2.05) is 5.32 Å². The first-order valence-corrected chi connectivity index (χ1v) is 4.83. The number of nitrogens with zero attached hydrogens (tertiary/aromatic N) is 2. The minimum absolute atomic E-state index is 0.00334. The summed E-state index contributed by atoms with van der Waals surface area (Å²) < 4.78 is 4.60. The molecule has 1 atom stereocenters. The van der Waals surface area contributed by atoms with E-state index in [0.29, 0.717) is 5.01 Å². The molecule has 88 valence electrons. The van der Waals surface area contributed by atoms with Gasteiger partial charge in [0.2, 0.25) is 5.91 Å². The number of hydrogen-bond acceptors (Lipinski definition) is 6. The predicted octanol–water partition coefficient (Wildman–Crippen LogP) is -0.240. The Morgan fingerprint density at radius 2 is 2.31 bits per heavy atom. The van der Waals surface area contributed by atoms with Crippen LogP contribution in [0.2, 0.25) is 0 Å². The molecule has 1 saturated heterocycles. The molecule has 1 heterocycles. The van der Waals surface area contributed by atoms with Crippen LogP contribution in [-0.4, -0.2) is 41.4 Å². The summed E-state index contributed by atoms with van der Waals surface area (Å²) >= 11 is 5.31. The van der Waals surface area contributed by atoms with Crippen molar-refractivity contribution in [3.8, 4) is 0 Å². The van der Waals surface area contributed by atoms with Crippen LogP contribution >= 0.6 is 11.6 Å². The molecule has 0 radical (unpaired) electrons. The second-order valence-corrected chi connectivity index (χ2v) is 3.26. The van der Waals surface area contributed by atoms with Crippen molar-refractivity contribution in [3.05, 3.63) is 4.91 Å². The van der Waals surface area contributed by atoms with Gasteiger partial charge in [0.05, 0.1) is 18.3 Å². The molecule has 1 rings (SSSR count). The van der Waals surface area contributed by atoms with Gasteiger partial charge in [0.15, 0.2) is 6.10 Å². The zero-order valence-corrected chi connectivity index (χ0v) is 8.77. The number of nitrogens with one attached hydrogen (secondary N) is 1. The lowest BCUT2D eigenvalue weighted by Crippen LogP contribution is -2.34. The molecule has 8 nitrogen and oxygen atoms in total. The van der Waals surface area contributed by atoms with E-state index >= 15 is 0 Å². The van der Waals surface area contributed by atoms with Crippen molar-refractivity contribution in [3.63, 3.8) is 0 Å². The van der Waals surface area contributed by atoms with Crippen LogP contribution in [0.5, 0.6) is 0 Å². The Kier molecular flexibility index (Phi) is 4.18. The zero-order valence-electron chi connectivity index (χ0n) is 8.01. The summed E-state index contributed by atoms with van der Waals surface area (Å²) in [5.41, 5.74) is 0. The maximum absolute atomic E-state index is 11.2. The van der Waals surface area contributed by atoms with E-state index in [1.54, 1.807) is 0 Å². The fourth-order valence-electron chi connectivity index (χ4n) is 1.05. The van der Waals surface area contributed by atoms with Crippen molar-refractivity contribution in [2.75, 3.05) is 12.4 Å². The van der Waals surface area contributed by atoms with Gasteiger partial charge in [-0.25, -0.2) is 4.79 Å². The van der Waals surface area contributed by atoms with Gasteiger partial charge >= 0.3 is 6.09 Å². The highest BCUT2D eigenvalue weighted by Crippen LogP contribution is 2.09. The number of imide groups is 1. The molecule has 1 aliphatic heterocycles. The predicted molar refractivity (Wildman–Crippen MR) is 51.3 cm³/mol. The van der Waals surface area contributed by atoms with E-state index in [0.717, 1.165) is 0 Å². The van der Waals surface area contributed by atoms with E-state index in [9.17, 15) is 19.3 Å². The minimum Gasteiger partial charge on any atom is -0.434 e. The van der Waals surface area contributed by atoms with E-state index in [1.165, 1.54) is 0 Å². The van der Waals surface area contributed by atoms with E-state index < -0.39 is 24.0 Å². The van der Waals surface area contributed by atoms with Crippen LogP contribution in [0.15, 0.2) is 5.29 Å². The van der Waals surface area contributed by atoms with Crippen molar-refractivity contribution in [2.24, 2.45) is 5.29 Å². The van der Waals surface area contributed by atoms with Gasteiger partial charge in [0, 0.05) is 5.88 Å². The molecular weight excluding hydrogens is 242 g/mol. The summed E-state index contributed by atoms with van der Waals surface area (Å²) in [4.78, 5) is 43.2. The molecule has 16 heavy (non-hydrogen) atoms. The second-order valence-electron chi connectivity index (χ2n) is 2.88. The topological polar surface area (TPSA) is 105 Å². The number of alkyl halides is 1. The number of rotatable bonds is 4. The van der Waals surface area contributed by atoms with Gasteiger partial charge in [-0.2, -0.15) is 5.01 Å². The number of amides is 3. The van der Waals surface area contributed by atoms with Crippen LogP contribution in [0.4, 0.5) is 4.79 Å². The van der Waals surface area contributed by atoms with Crippen LogP contribution in [0.1, 0.15) is 6.42 Å². The van der Waals surface area contributed by atoms with E-state index in [4.69, 9.17) is 11.6 Å². The number of halogens is 1. The molecule has 0 aliphatic carbocycles. The fourth-order valence-corrected chi connectivity index (χ4v) is 1.21. The molecule has 1 unspecified atom stereocenters. The van der Waals surface area contributed by atoms with Crippen LogP contribution < -0.4 is 5.32 Å². The molecule has 1 N–H and O–H groups in total. The molecule has 9 heteroatoms. The largest absolute Gasteiger partial charge is 0.434 e. The lowest BCUT2D eigenvalue weighted by atomic mass is 10.3. The minimum atomic E-state index is -1.21. The molecule has 0 aromatic rings. The lowest BCUT2D eigenvalue weighted by Gasteiger charge is -2.14. The molecule has 0 aromatic heterocycles. The summed E-state index contributed by atoms with van der Waals surface area (Å²) in [7, 11) is 0.